The summed E-state index contributed by atoms with van der Waals surface area (Å²) in [5, 5.41) is 3.07. The van der Waals surface area contributed by atoms with Crippen molar-refractivity contribution in [1.29, 1.82) is 0 Å². The number of nitrogens with one attached hydrogen (secondary N) is 1. The third-order valence-corrected chi connectivity index (χ3v) is 2.33. The summed E-state index contributed by atoms with van der Waals surface area (Å²) in [7, 11) is 3.75. The van der Waals surface area contributed by atoms with E-state index in [0.717, 1.165) is 25.9 Å². The summed E-state index contributed by atoms with van der Waals surface area (Å²) in [5.74, 6) is 0. The first-order valence-corrected chi connectivity index (χ1v) is 7.37. The summed E-state index contributed by atoms with van der Waals surface area (Å²) in [5.41, 5.74) is -0.391. The van der Waals surface area contributed by atoms with Gasteiger partial charge in [0, 0.05) is 13.6 Å². The molecule has 1 N–H and O–H groups in total. The zero-order valence-corrected chi connectivity index (χ0v) is 14.0. The standard InChI is InChI=1S/C10H21NO2.C5H13N/c1-6-7-8-11(5)9(12)13-10(2,3)4;1-3-4-5-6-2/h6-8H2,1-5H3;6H,3-5H2,1-2H3. The van der Waals surface area contributed by atoms with E-state index in [1.165, 1.54) is 12.8 Å². The predicted molar refractivity (Wildman–Crippen MR) is 82.6 cm³/mol. The summed E-state index contributed by atoms with van der Waals surface area (Å²) < 4.78 is 5.18. The molecule has 0 unspecified atom stereocenters. The molecule has 0 bridgehead atoms. The Morgan fingerprint density at radius 2 is 1.68 bits per heavy atom. The van der Waals surface area contributed by atoms with Gasteiger partial charge in [0.25, 0.3) is 0 Å². The molecule has 0 aliphatic heterocycles. The van der Waals surface area contributed by atoms with Crippen LogP contribution in [0.15, 0.2) is 0 Å². The monoisotopic (exact) mass is 274 g/mol. The van der Waals surface area contributed by atoms with E-state index in [1.54, 1.807) is 11.9 Å². The van der Waals surface area contributed by atoms with Gasteiger partial charge < -0.3 is 15.0 Å². The van der Waals surface area contributed by atoms with Crippen molar-refractivity contribution in [2.75, 3.05) is 27.2 Å². The van der Waals surface area contributed by atoms with Crippen LogP contribution >= 0.6 is 0 Å². The highest BCUT2D eigenvalue weighted by molar-refractivity contribution is 5.67. The van der Waals surface area contributed by atoms with Crippen molar-refractivity contribution in [2.45, 2.75) is 65.9 Å². The molecule has 0 heterocycles. The first-order valence-electron chi connectivity index (χ1n) is 7.37. The van der Waals surface area contributed by atoms with E-state index in [9.17, 15) is 4.79 Å². The minimum Gasteiger partial charge on any atom is -0.444 e. The molecule has 0 aromatic heterocycles. The van der Waals surface area contributed by atoms with Crippen LogP contribution in [0.4, 0.5) is 4.79 Å². The van der Waals surface area contributed by atoms with E-state index < -0.39 is 5.60 Å². The lowest BCUT2D eigenvalue weighted by Gasteiger charge is -2.24. The minimum atomic E-state index is -0.391. The number of ether oxygens (including phenoxy) is 1. The fraction of sp³-hybridized carbons (Fsp3) is 0.933. The molecule has 0 rings (SSSR count). The van der Waals surface area contributed by atoms with Gasteiger partial charge >= 0.3 is 6.09 Å². The Labute approximate surface area is 119 Å². The van der Waals surface area contributed by atoms with Gasteiger partial charge in [0.2, 0.25) is 0 Å². The van der Waals surface area contributed by atoms with Gasteiger partial charge in [-0.3, -0.25) is 0 Å². The van der Waals surface area contributed by atoms with Gasteiger partial charge in [0.05, 0.1) is 0 Å². The molecule has 1 amide bonds. The maximum absolute atomic E-state index is 11.4. The lowest BCUT2D eigenvalue weighted by molar-refractivity contribution is 0.0297. The second kappa shape index (κ2) is 12.3. The third-order valence-electron chi connectivity index (χ3n) is 2.33. The highest BCUT2D eigenvalue weighted by atomic mass is 16.6. The predicted octanol–water partition coefficient (Wildman–Crippen LogP) is 3.66. The van der Waals surface area contributed by atoms with Gasteiger partial charge in [-0.05, 0) is 47.2 Å². The smallest absolute Gasteiger partial charge is 0.410 e. The highest BCUT2D eigenvalue weighted by Gasteiger charge is 2.18. The molecule has 0 aromatic carbocycles. The van der Waals surface area contributed by atoms with Crippen LogP contribution in [0.2, 0.25) is 0 Å². The van der Waals surface area contributed by atoms with E-state index in [-0.39, 0.29) is 6.09 Å². The van der Waals surface area contributed by atoms with Crippen molar-refractivity contribution in [3.63, 3.8) is 0 Å². The average molecular weight is 274 g/mol. The van der Waals surface area contributed by atoms with Crippen molar-refractivity contribution >= 4 is 6.09 Å². The Balaban J connectivity index is 0. The van der Waals surface area contributed by atoms with E-state index >= 15 is 0 Å². The summed E-state index contributed by atoms with van der Waals surface area (Å²) in [6, 6.07) is 0. The number of amides is 1. The van der Waals surface area contributed by atoms with Crippen molar-refractivity contribution in [3.8, 4) is 0 Å². The van der Waals surface area contributed by atoms with E-state index in [0.29, 0.717) is 0 Å². The number of unbranched alkanes of at least 4 members (excludes halogenated alkanes) is 2. The van der Waals surface area contributed by atoms with Gasteiger partial charge in [-0.15, -0.1) is 0 Å². The Morgan fingerprint density at radius 3 is 2.00 bits per heavy atom. The van der Waals surface area contributed by atoms with Crippen molar-refractivity contribution in [3.05, 3.63) is 0 Å². The lowest BCUT2D eigenvalue weighted by atomic mass is 10.2. The molecule has 0 saturated carbocycles. The van der Waals surface area contributed by atoms with Gasteiger partial charge in [0.1, 0.15) is 5.60 Å². The fourth-order valence-corrected chi connectivity index (χ4v) is 1.18. The van der Waals surface area contributed by atoms with Gasteiger partial charge in [0.15, 0.2) is 0 Å². The van der Waals surface area contributed by atoms with Crippen LogP contribution in [0.25, 0.3) is 0 Å². The van der Waals surface area contributed by atoms with Crippen LogP contribution in [0.3, 0.4) is 0 Å². The zero-order chi connectivity index (χ0) is 15.3. The minimum absolute atomic E-state index is 0.235. The van der Waals surface area contributed by atoms with Crippen molar-refractivity contribution in [2.24, 2.45) is 0 Å². The van der Waals surface area contributed by atoms with Crippen molar-refractivity contribution < 1.29 is 9.53 Å². The Morgan fingerprint density at radius 1 is 1.16 bits per heavy atom. The molecule has 4 nitrogen and oxygen atoms in total. The number of carbonyl (C=O) groups is 1. The second-order valence-electron chi connectivity index (χ2n) is 5.71. The normalized spacial score (nSPS) is 10.5. The quantitative estimate of drug-likeness (QED) is 0.752. The van der Waals surface area contributed by atoms with Crippen LogP contribution in [0.1, 0.15) is 60.3 Å². The largest absolute Gasteiger partial charge is 0.444 e. The molecule has 0 aromatic rings. The highest BCUT2D eigenvalue weighted by Crippen LogP contribution is 2.09. The fourth-order valence-electron chi connectivity index (χ4n) is 1.18. The second-order valence-corrected chi connectivity index (χ2v) is 5.71. The number of carbonyl (C=O) groups excluding carboxylic acids is 1. The SMILES string of the molecule is CCCCN(C)C(=O)OC(C)(C)C.CCCCNC. The maximum atomic E-state index is 11.4. The Kier molecular flexibility index (Phi) is 13.3. The number of hydrogen-bond acceptors (Lipinski definition) is 3. The Bertz CT molecular complexity index is 209. The molecule has 0 fully saturated rings. The van der Waals surface area contributed by atoms with E-state index in [2.05, 4.69) is 19.2 Å². The molecule has 0 radical (unpaired) electrons. The molecule has 116 valence electrons. The molecule has 0 aliphatic carbocycles. The first-order chi connectivity index (χ1) is 8.78. The van der Waals surface area contributed by atoms with E-state index in [4.69, 9.17) is 4.74 Å². The van der Waals surface area contributed by atoms with Crippen LogP contribution < -0.4 is 5.32 Å². The van der Waals surface area contributed by atoms with Gasteiger partial charge in [-0.1, -0.05) is 26.7 Å². The Hall–Kier alpha value is -0.770. The molecule has 0 aliphatic rings. The molecular weight excluding hydrogens is 240 g/mol. The topological polar surface area (TPSA) is 41.6 Å². The molecule has 0 atom stereocenters. The first kappa shape index (κ1) is 20.5. The maximum Gasteiger partial charge on any atom is 0.410 e. The zero-order valence-electron chi connectivity index (χ0n) is 14.0. The summed E-state index contributed by atoms with van der Waals surface area (Å²) >= 11 is 0. The molecule has 0 spiro atoms. The van der Waals surface area contributed by atoms with Crippen LogP contribution in [-0.4, -0.2) is 43.8 Å². The summed E-state index contributed by atoms with van der Waals surface area (Å²) in [6.45, 7) is 11.8. The lowest BCUT2D eigenvalue weighted by Crippen LogP contribution is -2.34. The van der Waals surface area contributed by atoms with Gasteiger partial charge in [-0.2, -0.15) is 0 Å². The number of hydrogen-bond donors (Lipinski definition) is 1. The van der Waals surface area contributed by atoms with Crippen molar-refractivity contribution in [1.82, 2.24) is 10.2 Å². The molecule has 19 heavy (non-hydrogen) atoms. The van der Waals surface area contributed by atoms with E-state index in [1.807, 2.05) is 27.8 Å². The molecular formula is C15H34N2O2. The van der Waals surface area contributed by atoms with Gasteiger partial charge in [-0.25, -0.2) is 4.79 Å². The molecule has 4 heteroatoms. The van der Waals surface area contributed by atoms with Crippen LogP contribution in [-0.2, 0) is 4.74 Å². The average Bonchev–Trinajstić information content (AvgIpc) is 2.32. The third kappa shape index (κ3) is 17.2. The molecule has 0 saturated heterocycles. The van der Waals surface area contributed by atoms with Crippen LogP contribution in [0.5, 0.6) is 0 Å². The number of nitrogens with zero attached hydrogens (tertiary/aromatic N) is 1. The summed E-state index contributed by atoms with van der Waals surface area (Å²) in [4.78, 5) is 13.0. The number of rotatable bonds is 6. The summed E-state index contributed by atoms with van der Waals surface area (Å²) in [6.07, 6.45) is 4.47. The van der Waals surface area contributed by atoms with Crippen LogP contribution in [0, 0.1) is 0 Å².